The molecule has 0 amide bonds. The zero-order valence-corrected chi connectivity index (χ0v) is 10.9. The average molecular weight is 328 g/mol. The highest BCUT2D eigenvalue weighted by Gasteiger charge is 2.68. The van der Waals surface area contributed by atoms with Gasteiger partial charge in [0, 0.05) is 5.92 Å². The predicted octanol–water partition coefficient (Wildman–Crippen LogP) is 3.56. The maximum absolute atomic E-state index is 13.3. The van der Waals surface area contributed by atoms with Crippen LogP contribution in [0.3, 0.4) is 0 Å². The molecule has 0 aliphatic heterocycles. The fourth-order valence-electron chi connectivity index (χ4n) is 1.75. The molecule has 86 valence electrons. The minimum atomic E-state index is -1.34. The summed E-state index contributed by atoms with van der Waals surface area (Å²) in [5, 5.41) is 8.87. The molecular formula is C10H6BrCl2FO2. The molecule has 1 aromatic rings. The first-order chi connectivity index (χ1) is 7.35. The molecule has 1 N–H and O–H groups in total. The second-order valence-corrected chi connectivity index (χ2v) is 5.94. The van der Waals surface area contributed by atoms with Crippen molar-refractivity contribution in [1.29, 1.82) is 0 Å². The topological polar surface area (TPSA) is 37.3 Å². The van der Waals surface area contributed by atoms with Crippen LogP contribution in [0.15, 0.2) is 22.7 Å². The molecule has 1 aromatic carbocycles. The lowest BCUT2D eigenvalue weighted by Gasteiger charge is -2.01. The van der Waals surface area contributed by atoms with E-state index in [-0.39, 0.29) is 0 Å². The van der Waals surface area contributed by atoms with E-state index in [0.29, 0.717) is 10.0 Å². The van der Waals surface area contributed by atoms with Gasteiger partial charge in [0.1, 0.15) is 10.2 Å². The minimum absolute atomic E-state index is 0.318. The van der Waals surface area contributed by atoms with Crippen molar-refractivity contribution in [2.75, 3.05) is 0 Å². The summed E-state index contributed by atoms with van der Waals surface area (Å²) in [5.74, 6) is -2.97. The number of carbonyl (C=O) groups is 1. The molecular weight excluding hydrogens is 322 g/mol. The van der Waals surface area contributed by atoms with Gasteiger partial charge in [-0.25, -0.2) is 4.39 Å². The molecule has 1 fully saturated rings. The second-order valence-electron chi connectivity index (χ2n) is 3.64. The van der Waals surface area contributed by atoms with E-state index in [1.54, 1.807) is 6.07 Å². The SMILES string of the molecule is O=C(O)[C@@H]1[C@@H](c2ccc(Br)c(F)c2)C1(Cl)Cl. The Labute approximate surface area is 109 Å². The second kappa shape index (κ2) is 3.86. The van der Waals surface area contributed by atoms with Gasteiger partial charge in [-0.15, -0.1) is 0 Å². The Bertz CT molecular complexity index is 464. The molecule has 1 saturated carbocycles. The molecule has 16 heavy (non-hydrogen) atoms. The van der Waals surface area contributed by atoms with E-state index in [4.69, 9.17) is 28.3 Å². The Balaban J connectivity index is 2.33. The van der Waals surface area contributed by atoms with Crippen LogP contribution >= 0.6 is 39.1 Å². The minimum Gasteiger partial charge on any atom is -0.481 e. The largest absolute Gasteiger partial charge is 0.481 e. The van der Waals surface area contributed by atoms with Crippen LogP contribution in [0.1, 0.15) is 11.5 Å². The van der Waals surface area contributed by atoms with Crippen LogP contribution in [0.2, 0.25) is 0 Å². The lowest BCUT2D eigenvalue weighted by Crippen LogP contribution is -2.03. The van der Waals surface area contributed by atoms with Crippen LogP contribution < -0.4 is 0 Å². The van der Waals surface area contributed by atoms with Gasteiger partial charge in [-0.05, 0) is 33.6 Å². The molecule has 2 rings (SSSR count). The van der Waals surface area contributed by atoms with E-state index in [9.17, 15) is 9.18 Å². The first-order valence-corrected chi connectivity index (χ1v) is 5.96. The predicted molar refractivity (Wildman–Crippen MR) is 62.4 cm³/mol. The quantitative estimate of drug-likeness (QED) is 0.843. The molecule has 0 heterocycles. The van der Waals surface area contributed by atoms with Crippen molar-refractivity contribution >= 4 is 45.1 Å². The van der Waals surface area contributed by atoms with Gasteiger partial charge < -0.3 is 5.11 Å². The van der Waals surface area contributed by atoms with Crippen molar-refractivity contribution in [1.82, 2.24) is 0 Å². The van der Waals surface area contributed by atoms with E-state index >= 15 is 0 Å². The molecule has 0 unspecified atom stereocenters. The molecule has 1 aliphatic carbocycles. The van der Waals surface area contributed by atoms with Crippen molar-refractivity contribution < 1.29 is 14.3 Å². The Morgan fingerprint density at radius 3 is 2.56 bits per heavy atom. The lowest BCUT2D eigenvalue weighted by molar-refractivity contribution is -0.138. The zero-order chi connectivity index (χ0) is 12.1. The molecule has 6 heteroatoms. The van der Waals surface area contributed by atoms with Crippen molar-refractivity contribution in [3.63, 3.8) is 0 Å². The van der Waals surface area contributed by atoms with Crippen molar-refractivity contribution in [2.45, 2.75) is 10.3 Å². The van der Waals surface area contributed by atoms with E-state index in [0.717, 1.165) is 0 Å². The van der Waals surface area contributed by atoms with Gasteiger partial charge in [0.2, 0.25) is 0 Å². The van der Waals surface area contributed by atoms with Crippen molar-refractivity contribution in [3.8, 4) is 0 Å². The summed E-state index contributed by atoms with van der Waals surface area (Å²) < 4.78 is 12.2. The first-order valence-electron chi connectivity index (χ1n) is 4.41. The Hall–Kier alpha value is -0.320. The first kappa shape index (κ1) is 12.1. The molecule has 2 nitrogen and oxygen atoms in total. The van der Waals surface area contributed by atoms with E-state index in [2.05, 4.69) is 15.9 Å². The van der Waals surface area contributed by atoms with Gasteiger partial charge in [0.25, 0.3) is 0 Å². The third-order valence-electron chi connectivity index (χ3n) is 2.62. The van der Waals surface area contributed by atoms with Crippen LogP contribution in [0.25, 0.3) is 0 Å². The van der Waals surface area contributed by atoms with Crippen LogP contribution in [0.5, 0.6) is 0 Å². The van der Waals surface area contributed by atoms with Gasteiger partial charge in [0.05, 0.1) is 10.4 Å². The van der Waals surface area contributed by atoms with Crippen molar-refractivity contribution in [3.05, 3.63) is 34.1 Å². The third-order valence-corrected chi connectivity index (χ3v) is 4.21. The summed E-state index contributed by atoms with van der Waals surface area (Å²) in [7, 11) is 0. The highest BCUT2D eigenvalue weighted by Crippen LogP contribution is 2.65. The molecule has 0 saturated heterocycles. The summed E-state index contributed by atoms with van der Waals surface area (Å²) >= 11 is 14.7. The number of benzene rings is 1. The summed E-state index contributed by atoms with van der Waals surface area (Å²) in [6, 6.07) is 4.36. The lowest BCUT2D eigenvalue weighted by atomic mass is 10.1. The normalized spacial score (nSPS) is 26.5. The number of rotatable bonds is 2. The summed E-state index contributed by atoms with van der Waals surface area (Å²) in [5.41, 5.74) is 0.498. The highest BCUT2D eigenvalue weighted by molar-refractivity contribution is 9.10. The zero-order valence-electron chi connectivity index (χ0n) is 7.75. The van der Waals surface area contributed by atoms with E-state index in [1.165, 1.54) is 12.1 Å². The maximum atomic E-state index is 13.3. The number of hydrogen-bond donors (Lipinski definition) is 1. The van der Waals surface area contributed by atoms with Crippen LogP contribution in [-0.2, 0) is 4.79 Å². The number of hydrogen-bond acceptors (Lipinski definition) is 1. The molecule has 1 aliphatic rings. The molecule has 0 radical (unpaired) electrons. The smallest absolute Gasteiger partial charge is 0.310 e. The number of carboxylic acid groups (broad SMARTS) is 1. The maximum Gasteiger partial charge on any atom is 0.310 e. The number of aliphatic carboxylic acids is 1. The summed E-state index contributed by atoms with van der Waals surface area (Å²) in [6.45, 7) is 0. The van der Waals surface area contributed by atoms with E-state index in [1.807, 2.05) is 0 Å². The molecule has 0 aromatic heterocycles. The number of halogens is 4. The fraction of sp³-hybridized carbons (Fsp3) is 0.300. The Morgan fingerprint density at radius 2 is 2.12 bits per heavy atom. The summed E-state index contributed by atoms with van der Waals surface area (Å²) in [6.07, 6.45) is 0. The standard InChI is InChI=1S/C10H6BrCl2FO2/c11-5-2-1-4(3-6(5)14)7-8(9(15)16)10(7,12)13/h1-3,7-8H,(H,15,16)/t7-,8+/m1/s1. The van der Waals surface area contributed by atoms with Crippen LogP contribution in [-0.4, -0.2) is 15.4 Å². The van der Waals surface area contributed by atoms with E-state index < -0.39 is 28.0 Å². The van der Waals surface area contributed by atoms with Crippen LogP contribution in [0, 0.1) is 11.7 Å². The van der Waals surface area contributed by atoms with Gasteiger partial charge >= 0.3 is 5.97 Å². The Kier molecular flexibility index (Phi) is 2.93. The van der Waals surface area contributed by atoms with Gasteiger partial charge in [-0.3, -0.25) is 4.79 Å². The number of alkyl halides is 2. The highest BCUT2D eigenvalue weighted by atomic mass is 79.9. The third kappa shape index (κ3) is 1.83. The average Bonchev–Trinajstić information content (AvgIpc) is 2.74. The molecule has 0 bridgehead atoms. The monoisotopic (exact) mass is 326 g/mol. The Morgan fingerprint density at radius 1 is 1.50 bits per heavy atom. The molecule has 2 atom stereocenters. The van der Waals surface area contributed by atoms with Gasteiger partial charge in [0.15, 0.2) is 0 Å². The number of carboxylic acids is 1. The molecule has 0 spiro atoms. The van der Waals surface area contributed by atoms with Gasteiger partial charge in [-0.2, -0.15) is 0 Å². The van der Waals surface area contributed by atoms with Crippen LogP contribution in [0.4, 0.5) is 4.39 Å². The fourth-order valence-corrected chi connectivity index (χ4v) is 2.82. The summed E-state index contributed by atoms with van der Waals surface area (Å²) in [4.78, 5) is 10.8. The van der Waals surface area contributed by atoms with Gasteiger partial charge in [-0.1, -0.05) is 29.3 Å². The van der Waals surface area contributed by atoms with Crippen molar-refractivity contribution in [2.24, 2.45) is 5.92 Å².